The van der Waals surface area contributed by atoms with Gasteiger partial charge in [-0.1, -0.05) is 0 Å². The zero-order valence-electron chi connectivity index (χ0n) is 9.80. The van der Waals surface area contributed by atoms with E-state index in [4.69, 9.17) is 0 Å². The zero-order chi connectivity index (χ0) is 13.6. The summed E-state index contributed by atoms with van der Waals surface area (Å²) in [7, 11) is 1.69. The van der Waals surface area contributed by atoms with E-state index in [-0.39, 0.29) is 12.6 Å². The molecule has 0 spiro atoms. The summed E-state index contributed by atoms with van der Waals surface area (Å²) in [6.07, 6.45) is -0.396. The van der Waals surface area contributed by atoms with Crippen LogP contribution in [-0.4, -0.2) is 37.5 Å². The molecule has 1 rings (SSSR count). The Morgan fingerprint density at radius 3 is 2.72 bits per heavy atom. The highest BCUT2D eigenvalue weighted by atomic mass is 79.9. The van der Waals surface area contributed by atoms with Crippen LogP contribution in [0.15, 0.2) is 22.9 Å². The lowest BCUT2D eigenvalue weighted by molar-refractivity contribution is -0.175. The molecule has 0 amide bonds. The fourth-order valence-electron chi connectivity index (χ4n) is 1.41. The van der Waals surface area contributed by atoms with Crippen molar-refractivity contribution in [3.05, 3.63) is 28.5 Å². The number of ether oxygens (including phenoxy) is 1. The second-order valence-corrected chi connectivity index (χ2v) is 4.75. The summed E-state index contributed by atoms with van der Waals surface area (Å²) < 4.78 is 41.3. The van der Waals surface area contributed by atoms with Crippen LogP contribution in [0.1, 0.15) is 5.56 Å². The molecule has 7 heteroatoms. The van der Waals surface area contributed by atoms with Crippen LogP contribution < -0.4 is 5.32 Å². The van der Waals surface area contributed by atoms with Crippen LogP contribution in [0.25, 0.3) is 0 Å². The Hall–Kier alpha value is -0.660. The molecule has 0 bridgehead atoms. The Labute approximate surface area is 112 Å². The first-order valence-electron chi connectivity index (χ1n) is 5.32. The van der Waals surface area contributed by atoms with E-state index in [1.807, 2.05) is 6.07 Å². The molecule has 0 saturated heterocycles. The first-order chi connectivity index (χ1) is 8.40. The Morgan fingerprint density at radius 1 is 1.44 bits per heavy atom. The largest absolute Gasteiger partial charge is 0.411 e. The van der Waals surface area contributed by atoms with Crippen molar-refractivity contribution in [1.82, 2.24) is 10.3 Å². The van der Waals surface area contributed by atoms with E-state index in [0.717, 1.165) is 10.0 Å². The first-order valence-corrected chi connectivity index (χ1v) is 6.11. The van der Waals surface area contributed by atoms with Crippen LogP contribution in [0.2, 0.25) is 0 Å². The Morgan fingerprint density at radius 2 is 2.17 bits per heavy atom. The molecule has 0 saturated carbocycles. The third-order valence-corrected chi connectivity index (χ3v) is 2.67. The van der Waals surface area contributed by atoms with E-state index < -0.39 is 12.8 Å². The van der Waals surface area contributed by atoms with E-state index in [2.05, 4.69) is 31.0 Å². The molecular formula is C11H14BrF3N2O. The van der Waals surface area contributed by atoms with Crippen molar-refractivity contribution in [2.45, 2.75) is 18.6 Å². The zero-order valence-corrected chi connectivity index (χ0v) is 11.4. The molecule has 0 aliphatic carbocycles. The summed E-state index contributed by atoms with van der Waals surface area (Å²) in [4.78, 5) is 4.00. The second kappa shape index (κ2) is 7.06. The number of nitrogens with one attached hydrogen (secondary N) is 1. The Bertz CT molecular complexity index is 374. The molecule has 0 aliphatic heterocycles. The predicted molar refractivity (Wildman–Crippen MR) is 65.4 cm³/mol. The van der Waals surface area contributed by atoms with Crippen LogP contribution >= 0.6 is 15.9 Å². The third-order valence-electron chi connectivity index (χ3n) is 2.24. The normalized spacial score (nSPS) is 13.6. The topological polar surface area (TPSA) is 34.1 Å². The SMILES string of the molecule is CNC(COCC(F)(F)F)Cc1cncc(Br)c1. The molecule has 0 radical (unpaired) electrons. The van der Waals surface area contributed by atoms with Crippen LogP contribution in [0.3, 0.4) is 0 Å². The molecule has 3 nitrogen and oxygen atoms in total. The van der Waals surface area contributed by atoms with Crippen LogP contribution in [0.4, 0.5) is 13.2 Å². The van der Waals surface area contributed by atoms with Gasteiger partial charge in [0.15, 0.2) is 0 Å². The number of hydrogen-bond donors (Lipinski definition) is 1. The lowest BCUT2D eigenvalue weighted by Gasteiger charge is -2.17. The molecule has 0 aromatic carbocycles. The molecule has 1 aromatic rings. The number of pyridine rings is 1. The summed E-state index contributed by atoms with van der Waals surface area (Å²) in [6, 6.07) is 1.70. The van der Waals surface area contributed by atoms with Gasteiger partial charge in [0.05, 0.1) is 6.61 Å². The van der Waals surface area contributed by atoms with E-state index in [1.54, 1.807) is 19.4 Å². The number of aromatic nitrogens is 1. The fourth-order valence-corrected chi connectivity index (χ4v) is 1.83. The monoisotopic (exact) mass is 326 g/mol. The van der Waals surface area contributed by atoms with E-state index in [9.17, 15) is 13.2 Å². The standard InChI is InChI=1S/C11H14BrF3N2O/c1-16-10(6-18-7-11(13,14)15)3-8-2-9(12)5-17-4-8/h2,4-5,10,16H,3,6-7H2,1H3. The highest BCUT2D eigenvalue weighted by Gasteiger charge is 2.27. The Balaban J connectivity index is 2.42. The molecule has 1 heterocycles. The minimum absolute atomic E-state index is 0.00250. The molecular weight excluding hydrogens is 313 g/mol. The second-order valence-electron chi connectivity index (χ2n) is 3.83. The third kappa shape index (κ3) is 6.32. The van der Waals surface area contributed by atoms with E-state index in [1.165, 1.54) is 0 Å². The number of alkyl halides is 3. The average molecular weight is 327 g/mol. The number of likely N-dealkylation sites (N-methyl/N-ethyl adjacent to an activating group) is 1. The summed E-state index contributed by atoms with van der Waals surface area (Å²) in [5.74, 6) is 0. The van der Waals surface area contributed by atoms with Crippen LogP contribution in [0, 0.1) is 0 Å². The van der Waals surface area contributed by atoms with E-state index >= 15 is 0 Å². The smallest absolute Gasteiger partial charge is 0.370 e. The summed E-state index contributed by atoms with van der Waals surface area (Å²) in [5, 5.41) is 2.92. The first kappa shape index (κ1) is 15.4. The van der Waals surface area contributed by atoms with Crippen molar-refractivity contribution in [1.29, 1.82) is 0 Å². The molecule has 1 N–H and O–H groups in total. The number of halogens is 4. The highest BCUT2D eigenvalue weighted by Crippen LogP contribution is 2.15. The molecule has 102 valence electrons. The maximum Gasteiger partial charge on any atom is 0.411 e. The average Bonchev–Trinajstić information content (AvgIpc) is 2.26. The Kier molecular flexibility index (Phi) is 6.04. The van der Waals surface area contributed by atoms with Crippen molar-refractivity contribution < 1.29 is 17.9 Å². The maximum absolute atomic E-state index is 11.9. The summed E-state index contributed by atoms with van der Waals surface area (Å²) >= 11 is 3.29. The van der Waals surface area contributed by atoms with Gasteiger partial charge in [-0.05, 0) is 41.0 Å². The summed E-state index contributed by atoms with van der Waals surface area (Å²) in [6.45, 7) is -1.22. The van der Waals surface area contributed by atoms with Crippen molar-refractivity contribution in [2.24, 2.45) is 0 Å². The number of nitrogens with zero attached hydrogens (tertiary/aromatic N) is 1. The van der Waals surface area contributed by atoms with Crippen molar-refractivity contribution in [2.75, 3.05) is 20.3 Å². The maximum atomic E-state index is 11.9. The van der Waals surface area contributed by atoms with Gasteiger partial charge in [0.1, 0.15) is 6.61 Å². The van der Waals surface area contributed by atoms with Gasteiger partial charge in [-0.15, -0.1) is 0 Å². The highest BCUT2D eigenvalue weighted by molar-refractivity contribution is 9.10. The molecule has 1 aromatic heterocycles. The van der Waals surface area contributed by atoms with Gasteiger partial charge in [0.2, 0.25) is 0 Å². The van der Waals surface area contributed by atoms with Gasteiger partial charge >= 0.3 is 6.18 Å². The van der Waals surface area contributed by atoms with Crippen LogP contribution in [0.5, 0.6) is 0 Å². The van der Waals surface area contributed by atoms with Crippen LogP contribution in [-0.2, 0) is 11.2 Å². The molecule has 18 heavy (non-hydrogen) atoms. The van der Waals surface area contributed by atoms with Gasteiger partial charge in [-0.25, -0.2) is 0 Å². The van der Waals surface area contributed by atoms with Gasteiger partial charge in [0.25, 0.3) is 0 Å². The lowest BCUT2D eigenvalue weighted by Crippen LogP contribution is -2.34. The minimum Gasteiger partial charge on any atom is -0.370 e. The number of rotatable bonds is 6. The predicted octanol–water partition coefficient (Wildman–Crippen LogP) is 2.55. The van der Waals surface area contributed by atoms with Gasteiger partial charge in [-0.2, -0.15) is 13.2 Å². The molecule has 0 aliphatic rings. The molecule has 1 unspecified atom stereocenters. The van der Waals surface area contributed by atoms with E-state index in [0.29, 0.717) is 6.42 Å². The minimum atomic E-state index is -4.28. The quantitative estimate of drug-likeness (QED) is 0.872. The van der Waals surface area contributed by atoms with Gasteiger partial charge < -0.3 is 10.1 Å². The van der Waals surface area contributed by atoms with Gasteiger partial charge in [-0.3, -0.25) is 4.98 Å². The van der Waals surface area contributed by atoms with Crippen molar-refractivity contribution in [3.8, 4) is 0 Å². The van der Waals surface area contributed by atoms with Gasteiger partial charge in [0, 0.05) is 22.9 Å². The number of hydrogen-bond acceptors (Lipinski definition) is 3. The summed E-state index contributed by atoms with van der Waals surface area (Å²) in [5.41, 5.74) is 0.930. The van der Waals surface area contributed by atoms with Crippen molar-refractivity contribution >= 4 is 15.9 Å². The molecule has 0 fully saturated rings. The lowest BCUT2D eigenvalue weighted by atomic mass is 10.1. The fraction of sp³-hybridized carbons (Fsp3) is 0.545. The molecule has 1 atom stereocenters. The van der Waals surface area contributed by atoms with Crippen molar-refractivity contribution in [3.63, 3.8) is 0 Å².